The largest absolute Gasteiger partial charge is 0.573 e. The van der Waals surface area contributed by atoms with Gasteiger partial charge in [0.05, 0.1) is 12.2 Å². The molecule has 156 valence electrons. The molecule has 30 heavy (non-hydrogen) atoms. The minimum atomic E-state index is -4.97. The Morgan fingerprint density at radius 1 is 1.10 bits per heavy atom. The van der Waals surface area contributed by atoms with Crippen molar-refractivity contribution in [3.05, 3.63) is 91.7 Å². The van der Waals surface area contributed by atoms with Gasteiger partial charge in [-0.05, 0) is 23.8 Å². The number of para-hydroxylation sites is 2. The van der Waals surface area contributed by atoms with Gasteiger partial charge in [-0.3, -0.25) is 14.2 Å². The molecule has 1 aromatic heterocycles. The van der Waals surface area contributed by atoms with Gasteiger partial charge in [0.15, 0.2) is 5.75 Å². The van der Waals surface area contributed by atoms with Crippen LogP contribution in [0.1, 0.15) is 15.9 Å². The van der Waals surface area contributed by atoms with Crippen molar-refractivity contribution in [2.24, 2.45) is 0 Å². The van der Waals surface area contributed by atoms with Gasteiger partial charge < -0.3 is 15.0 Å². The Balaban J connectivity index is 1.93. The average molecular weight is 440 g/mol. The van der Waals surface area contributed by atoms with Crippen LogP contribution in [0.3, 0.4) is 0 Å². The molecule has 0 aliphatic heterocycles. The van der Waals surface area contributed by atoms with E-state index in [1.807, 2.05) is 0 Å². The van der Waals surface area contributed by atoms with E-state index in [9.17, 15) is 27.6 Å². The molecular weight excluding hydrogens is 427 g/mol. The lowest BCUT2D eigenvalue weighted by atomic mass is 10.2. The van der Waals surface area contributed by atoms with Crippen molar-refractivity contribution in [1.82, 2.24) is 9.55 Å². The Kier molecular flexibility index (Phi) is 5.97. The van der Waals surface area contributed by atoms with E-state index in [4.69, 9.17) is 11.6 Å². The van der Waals surface area contributed by atoms with Crippen LogP contribution >= 0.6 is 11.6 Å². The van der Waals surface area contributed by atoms with Gasteiger partial charge in [0, 0.05) is 11.2 Å². The normalized spacial score (nSPS) is 11.2. The zero-order chi connectivity index (χ0) is 21.9. The van der Waals surface area contributed by atoms with Crippen molar-refractivity contribution in [1.29, 1.82) is 0 Å². The van der Waals surface area contributed by atoms with Crippen LogP contribution in [0.15, 0.2) is 64.3 Å². The highest BCUT2D eigenvalue weighted by Crippen LogP contribution is 2.30. The molecule has 11 heteroatoms. The quantitative estimate of drug-likeness (QED) is 0.637. The number of halogens is 4. The van der Waals surface area contributed by atoms with E-state index in [-0.39, 0.29) is 12.2 Å². The number of benzene rings is 2. The fourth-order valence-corrected chi connectivity index (χ4v) is 2.78. The number of carbonyl (C=O) groups excluding carboxylic acids is 1. The lowest BCUT2D eigenvalue weighted by molar-refractivity contribution is -0.274. The summed E-state index contributed by atoms with van der Waals surface area (Å²) < 4.78 is 42.3. The summed E-state index contributed by atoms with van der Waals surface area (Å²) in [5.41, 5.74) is -2.04. The summed E-state index contributed by atoms with van der Waals surface area (Å²) in [4.78, 5) is 39.6. The van der Waals surface area contributed by atoms with Crippen LogP contribution in [0.4, 0.5) is 18.9 Å². The van der Waals surface area contributed by atoms with E-state index in [0.717, 1.165) is 16.8 Å². The van der Waals surface area contributed by atoms with Crippen molar-refractivity contribution in [2.45, 2.75) is 12.9 Å². The Morgan fingerprint density at radius 3 is 2.47 bits per heavy atom. The first-order valence-corrected chi connectivity index (χ1v) is 8.75. The Labute approximate surface area is 171 Å². The number of carbonyl (C=O) groups is 1. The number of ether oxygens (including phenoxy) is 1. The van der Waals surface area contributed by atoms with Crippen LogP contribution in [0.25, 0.3) is 0 Å². The highest BCUT2D eigenvalue weighted by Gasteiger charge is 2.32. The summed E-state index contributed by atoms with van der Waals surface area (Å²) in [5, 5.41) is 2.50. The number of anilines is 1. The number of H-pyrrole nitrogens is 1. The molecule has 0 unspecified atom stereocenters. The molecule has 0 saturated carbocycles. The molecule has 7 nitrogen and oxygen atoms in total. The highest BCUT2D eigenvalue weighted by molar-refractivity contribution is 6.31. The molecule has 1 heterocycles. The van der Waals surface area contributed by atoms with Crippen LogP contribution in [0.5, 0.6) is 5.75 Å². The number of hydrogen-bond donors (Lipinski definition) is 2. The Hall–Kier alpha value is -3.53. The van der Waals surface area contributed by atoms with Gasteiger partial charge in [-0.2, -0.15) is 0 Å². The van der Waals surface area contributed by atoms with Crippen LogP contribution in [-0.2, 0) is 6.54 Å². The molecule has 0 fully saturated rings. The fraction of sp³-hybridized carbons (Fsp3) is 0.105. The Morgan fingerprint density at radius 2 is 1.77 bits per heavy atom. The smallest absolute Gasteiger partial charge is 0.404 e. The second kappa shape index (κ2) is 8.46. The SMILES string of the molecule is O=C(Nc1ccccc1OC(F)(F)F)c1c[nH]c(=O)n(Cc2ccccc2Cl)c1=O. The van der Waals surface area contributed by atoms with Crippen LogP contribution < -0.4 is 21.3 Å². The summed E-state index contributed by atoms with van der Waals surface area (Å²) in [6.07, 6.45) is -4.09. The third-order valence-electron chi connectivity index (χ3n) is 3.95. The predicted octanol–water partition coefficient (Wildman–Crippen LogP) is 3.39. The number of aromatic amines is 1. The summed E-state index contributed by atoms with van der Waals surface area (Å²) in [7, 11) is 0. The molecule has 3 rings (SSSR count). The van der Waals surface area contributed by atoms with Crippen LogP contribution in [-0.4, -0.2) is 21.8 Å². The van der Waals surface area contributed by atoms with Crippen LogP contribution in [0, 0.1) is 0 Å². The second-order valence-corrected chi connectivity index (χ2v) is 6.40. The third-order valence-corrected chi connectivity index (χ3v) is 4.32. The van der Waals surface area contributed by atoms with Gasteiger partial charge in [0.2, 0.25) is 0 Å². The van der Waals surface area contributed by atoms with E-state index in [1.54, 1.807) is 24.3 Å². The molecule has 0 aliphatic rings. The lowest BCUT2D eigenvalue weighted by Gasteiger charge is -2.14. The standard InChI is InChI=1S/C19H13ClF3N3O4/c20-13-6-2-1-5-11(13)10-26-17(28)12(9-24-18(26)29)16(27)25-14-7-3-4-8-15(14)30-19(21,22)23/h1-9H,10H2,(H,24,29)(H,25,27). The summed E-state index contributed by atoms with van der Waals surface area (Å²) in [6.45, 7) is -0.206. The summed E-state index contributed by atoms with van der Waals surface area (Å²) >= 11 is 6.05. The van der Waals surface area contributed by atoms with Gasteiger partial charge in [-0.15, -0.1) is 13.2 Å². The number of rotatable bonds is 5. The maximum Gasteiger partial charge on any atom is 0.573 e. The second-order valence-electron chi connectivity index (χ2n) is 5.99. The molecule has 0 saturated heterocycles. The van der Waals surface area contributed by atoms with Crippen LogP contribution in [0.2, 0.25) is 5.02 Å². The number of nitrogens with zero attached hydrogens (tertiary/aromatic N) is 1. The zero-order valence-electron chi connectivity index (χ0n) is 15.0. The minimum Gasteiger partial charge on any atom is -0.404 e. The van der Waals surface area contributed by atoms with Crippen molar-refractivity contribution < 1.29 is 22.7 Å². The minimum absolute atomic E-state index is 0.206. The molecule has 0 bridgehead atoms. The van der Waals surface area contributed by atoms with Gasteiger partial charge in [-0.1, -0.05) is 41.9 Å². The number of amides is 1. The monoisotopic (exact) mass is 439 g/mol. The molecular formula is C19H13ClF3N3O4. The number of nitrogens with one attached hydrogen (secondary N) is 2. The van der Waals surface area contributed by atoms with Crippen molar-refractivity contribution >= 4 is 23.2 Å². The molecule has 2 N–H and O–H groups in total. The first-order chi connectivity index (χ1) is 14.2. The topological polar surface area (TPSA) is 93.2 Å². The first kappa shape index (κ1) is 21.2. The van der Waals surface area contributed by atoms with Gasteiger partial charge in [0.25, 0.3) is 11.5 Å². The summed E-state index contributed by atoms with van der Waals surface area (Å²) in [6, 6.07) is 11.3. The highest BCUT2D eigenvalue weighted by atomic mass is 35.5. The number of alkyl halides is 3. The van der Waals surface area contributed by atoms with Gasteiger partial charge >= 0.3 is 12.1 Å². The predicted molar refractivity (Wildman–Crippen MR) is 103 cm³/mol. The molecule has 2 aromatic carbocycles. The molecule has 0 aliphatic carbocycles. The zero-order valence-corrected chi connectivity index (χ0v) is 15.8. The van der Waals surface area contributed by atoms with E-state index in [2.05, 4.69) is 15.0 Å². The maximum absolute atomic E-state index is 12.7. The lowest BCUT2D eigenvalue weighted by Crippen LogP contribution is -2.39. The molecule has 1 amide bonds. The average Bonchev–Trinajstić information content (AvgIpc) is 2.67. The van der Waals surface area contributed by atoms with Crippen molar-refractivity contribution in [2.75, 3.05) is 5.32 Å². The first-order valence-electron chi connectivity index (χ1n) is 8.38. The molecule has 0 atom stereocenters. The number of hydrogen-bond acceptors (Lipinski definition) is 4. The Bertz CT molecular complexity index is 1200. The number of aromatic nitrogens is 2. The van der Waals surface area contributed by atoms with E-state index < -0.39 is 34.8 Å². The molecule has 0 spiro atoms. The van der Waals surface area contributed by atoms with Crippen molar-refractivity contribution in [3.63, 3.8) is 0 Å². The van der Waals surface area contributed by atoms with E-state index >= 15 is 0 Å². The fourth-order valence-electron chi connectivity index (χ4n) is 2.59. The molecule has 0 radical (unpaired) electrons. The van der Waals surface area contributed by atoms with Gasteiger partial charge in [0.1, 0.15) is 5.56 Å². The maximum atomic E-state index is 12.7. The molecule has 3 aromatic rings. The van der Waals surface area contributed by atoms with Crippen molar-refractivity contribution in [3.8, 4) is 5.75 Å². The third kappa shape index (κ3) is 4.90. The van der Waals surface area contributed by atoms with Gasteiger partial charge in [-0.25, -0.2) is 4.79 Å². The van der Waals surface area contributed by atoms with E-state index in [1.165, 1.54) is 18.2 Å². The van der Waals surface area contributed by atoms with E-state index in [0.29, 0.717) is 10.6 Å². The summed E-state index contributed by atoms with van der Waals surface area (Å²) in [5.74, 6) is -1.68.